The summed E-state index contributed by atoms with van der Waals surface area (Å²) in [5.74, 6) is 2.80. The molecule has 4 rings (SSSR count). The predicted octanol–water partition coefficient (Wildman–Crippen LogP) is 5.20. The normalized spacial score (nSPS) is 14.9. The van der Waals surface area contributed by atoms with E-state index in [1.54, 1.807) is 0 Å². The number of thioether (sulfide) groups is 2. The molecule has 2 aromatic carbocycles. The minimum absolute atomic E-state index is 0.147. The maximum absolute atomic E-state index is 12.5. The molecule has 3 aromatic rings. The van der Waals surface area contributed by atoms with E-state index < -0.39 is 0 Å². The van der Waals surface area contributed by atoms with E-state index in [0.29, 0.717) is 16.0 Å². The number of nitrogens with one attached hydrogen (secondary N) is 2. The van der Waals surface area contributed by atoms with Crippen LogP contribution in [0.15, 0.2) is 60.7 Å². The monoisotopic (exact) mass is 381 g/mol. The maximum atomic E-state index is 12.5. The summed E-state index contributed by atoms with van der Waals surface area (Å²) in [6.07, 6.45) is 1.28. The molecule has 1 aromatic heterocycles. The van der Waals surface area contributed by atoms with Crippen LogP contribution in [0.1, 0.15) is 26.9 Å². The molecule has 0 saturated carbocycles. The first-order chi connectivity index (χ1) is 12.8. The molecule has 1 saturated heterocycles. The molecule has 0 aliphatic carbocycles. The third kappa shape index (κ3) is 3.97. The highest BCUT2D eigenvalue weighted by molar-refractivity contribution is 8.16. The number of aromatic nitrogens is 2. The number of aromatic amines is 1. The summed E-state index contributed by atoms with van der Waals surface area (Å²) in [6, 6.07) is 19.7. The van der Waals surface area contributed by atoms with Gasteiger partial charge in [0.25, 0.3) is 5.91 Å². The van der Waals surface area contributed by atoms with Gasteiger partial charge in [-0.15, -0.1) is 23.5 Å². The molecule has 6 heteroatoms. The molecule has 0 spiro atoms. The summed E-state index contributed by atoms with van der Waals surface area (Å²) >= 11 is 3.96. The van der Waals surface area contributed by atoms with Gasteiger partial charge in [0.1, 0.15) is 0 Å². The zero-order chi connectivity index (χ0) is 17.8. The van der Waals surface area contributed by atoms with Gasteiger partial charge < -0.3 is 5.32 Å². The number of anilines is 1. The highest BCUT2D eigenvalue weighted by Crippen LogP contribution is 2.43. The van der Waals surface area contributed by atoms with Gasteiger partial charge in [-0.2, -0.15) is 5.10 Å². The standard InChI is InChI=1S/C20H19N3OS2/c24-19(15-7-9-16(10-8-15)20-25-11-4-12-26-20)21-18-13-17(22-23-18)14-5-2-1-3-6-14/h1-3,5-10,13,20H,4,11-12H2,(H2,21,22,23,24). The number of hydrogen-bond acceptors (Lipinski definition) is 4. The van der Waals surface area contributed by atoms with Crippen molar-refractivity contribution in [2.24, 2.45) is 0 Å². The van der Waals surface area contributed by atoms with Crippen molar-refractivity contribution in [2.45, 2.75) is 11.0 Å². The van der Waals surface area contributed by atoms with Gasteiger partial charge in [0.2, 0.25) is 0 Å². The Labute approximate surface area is 161 Å². The average Bonchev–Trinajstić information content (AvgIpc) is 3.18. The fourth-order valence-electron chi connectivity index (χ4n) is 2.81. The Morgan fingerprint density at radius 2 is 1.77 bits per heavy atom. The zero-order valence-corrected chi connectivity index (χ0v) is 15.8. The van der Waals surface area contributed by atoms with Crippen LogP contribution in [0.5, 0.6) is 0 Å². The molecule has 4 nitrogen and oxygen atoms in total. The Morgan fingerprint density at radius 3 is 2.50 bits per heavy atom. The lowest BCUT2D eigenvalue weighted by atomic mass is 10.1. The van der Waals surface area contributed by atoms with Crippen LogP contribution in [0.4, 0.5) is 5.82 Å². The molecule has 1 aliphatic heterocycles. The van der Waals surface area contributed by atoms with Crippen LogP contribution < -0.4 is 5.32 Å². The molecule has 1 fully saturated rings. The van der Waals surface area contributed by atoms with Crippen molar-refractivity contribution in [3.63, 3.8) is 0 Å². The summed E-state index contributed by atoms with van der Waals surface area (Å²) < 4.78 is 0.487. The summed E-state index contributed by atoms with van der Waals surface area (Å²) in [5, 5.41) is 10.0. The van der Waals surface area contributed by atoms with Crippen molar-refractivity contribution in [3.05, 3.63) is 71.8 Å². The first-order valence-corrected chi connectivity index (χ1v) is 10.6. The van der Waals surface area contributed by atoms with Crippen LogP contribution in [0.25, 0.3) is 11.3 Å². The topological polar surface area (TPSA) is 57.8 Å². The fraction of sp³-hybridized carbons (Fsp3) is 0.200. The van der Waals surface area contributed by atoms with Crippen molar-refractivity contribution in [3.8, 4) is 11.3 Å². The Kier molecular flexibility index (Phi) is 5.32. The largest absolute Gasteiger partial charge is 0.305 e. The number of benzene rings is 2. The van der Waals surface area contributed by atoms with Crippen molar-refractivity contribution in [2.75, 3.05) is 16.8 Å². The van der Waals surface area contributed by atoms with Gasteiger partial charge >= 0.3 is 0 Å². The summed E-state index contributed by atoms with van der Waals surface area (Å²) in [4.78, 5) is 12.5. The van der Waals surface area contributed by atoms with Gasteiger partial charge in [0, 0.05) is 11.6 Å². The van der Waals surface area contributed by atoms with Crippen LogP contribution >= 0.6 is 23.5 Å². The Hall–Kier alpha value is -2.18. The molecule has 0 bridgehead atoms. The van der Waals surface area contributed by atoms with Gasteiger partial charge in [0.15, 0.2) is 5.82 Å². The van der Waals surface area contributed by atoms with Crippen molar-refractivity contribution >= 4 is 35.2 Å². The zero-order valence-electron chi connectivity index (χ0n) is 14.1. The number of H-pyrrole nitrogens is 1. The van der Waals surface area contributed by atoms with E-state index in [9.17, 15) is 4.79 Å². The molecule has 1 amide bonds. The minimum atomic E-state index is -0.147. The molecular weight excluding hydrogens is 362 g/mol. The van der Waals surface area contributed by atoms with E-state index >= 15 is 0 Å². The molecule has 2 N–H and O–H groups in total. The smallest absolute Gasteiger partial charge is 0.256 e. The Bertz CT molecular complexity index is 872. The van der Waals surface area contributed by atoms with Gasteiger partial charge in [0.05, 0.1) is 10.3 Å². The third-order valence-corrected chi connectivity index (χ3v) is 7.19. The number of carbonyl (C=O) groups is 1. The quantitative estimate of drug-likeness (QED) is 0.652. The van der Waals surface area contributed by atoms with Gasteiger partial charge in [-0.1, -0.05) is 42.5 Å². The average molecular weight is 382 g/mol. The lowest BCUT2D eigenvalue weighted by Crippen LogP contribution is -2.12. The second kappa shape index (κ2) is 8.01. The number of amides is 1. The molecule has 26 heavy (non-hydrogen) atoms. The second-order valence-electron chi connectivity index (χ2n) is 6.04. The van der Waals surface area contributed by atoms with Crippen molar-refractivity contribution in [1.29, 1.82) is 0 Å². The summed E-state index contributed by atoms with van der Waals surface area (Å²) in [7, 11) is 0. The van der Waals surface area contributed by atoms with Crippen LogP contribution in [0, 0.1) is 0 Å². The summed E-state index contributed by atoms with van der Waals surface area (Å²) in [6.45, 7) is 0. The van der Waals surface area contributed by atoms with E-state index in [1.807, 2.05) is 72.1 Å². The highest BCUT2D eigenvalue weighted by atomic mass is 32.2. The van der Waals surface area contributed by atoms with Gasteiger partial charge in [-0.05, 0) is 41.2 Å². The fourth-order valence-corrected chi connectivity index (χ4v) is 5.71. The Morgan fingerprint density at radius 1 is 1.04 bits per heavy atom. The van der Waals surface area contributed by atoms with Crippen LogP contribution in [0.3, 0.4) is 0 Å². The van der Waals surface area contributed by atoms with Crippen LogP contribution in [-0.2, 0) is 0 Å². The molecule has 0 unspecified atom stereocenters. The number of rotatable bonds is 4. The maximum Gasteiger partial charge on any atom is 0.256 e. The minimum Gasteiger partial charge on any atom is -0.305 e. The molecule has 0 atom stereocenters. The number of nitrogens with zero attached hydrogens (tertiary/aromatic N) is 1. The van der Waals surface area contributed by atoms with E-state index in [4.69, 9.17) is 0 Å². The van der Waals surface area contributed by atoms with E-state index in [2.05, 4.69) is 27.6 Å². The lowest BCUT2D eigenvalue weighted by molar-refractivity contribution is 0.102. The van der Waals surface area contributed by atoms with E-state index in [1.165, 1.54) is 23.5 Å². The molecule has 1 aliphatic rings. The third-order valence-electron chi connectivity index (χ3n) is 4.18. The first kappa shape index (κ1) is 17.2. The Balaban J connectivity index is 1.42. The highest BCUT2D eigenvalue weighted by Gasteiger charge is 2.17. The first-order valence-electron chi connectivity index (χ1n) is 8.55. The van der Waals surface area contributed by atoms with Gasteiger partial charge in [-0.25, -0.2) is 0 Å². The summed E-state index contributed by atoms with van der Waals surface area (Å²) in [5.41, 5.74) is 3.83. The van der Waals surface area contributed by atoms with Gasteiger partial charge in [-0.3, -0.25) is 9.89 Å². The molecule has 0 radical (unpaired) electrons. The number of hydrogen-bond donors (Lipinski definition) is 2. The van der Waals surface area contributed by atoms with E-state index in [0.717, 1.165) is 11.3 Å². The van der Waals surface area contributed by atoms with E-state index in [-0.39, 0.29) is 5.91 Å². The lowest BCUT2D eigenvalue weighted by Gasteiger charge is -2.21. The van der Waals surface area contributed by atoms with Crippen LogP contribution in [-0.4, -0.2) is 27.6 Å². The SMILES string of the molecule is O=C(Nc1cc(-c2ccccc2)[nH]n1)c1ccc(C2SCCCS2)cc1. The van der Waals surface area contributed by atoms with Crippen molar-refractivity contribution < 1.29 is 4.79 Å². The van der Waals surface area contributed by atoms with Crippen molar-refractivity contribution in [1.82, 2.24) is 10.2 Å². The predicted molar refractivity (Wildman–Crippen MR) is 111 cm³/mol. The number of carbonyl (C=O) groups excluding carboxylic acids is 1. The second-order valence-corrected chi connectivity index (χ2v) is 8.76. The molecular formula is C20H19N3OS2. The molecule has 2 heterocycles. The van der Waals surface area contributed by atoms with Crippen LogP contribution in [0.2, 0.25) is 0 Å². The molecule has 132 valence electrons.